The van der Waals surface area contributed by atoms with E-state index >= 15 is 0 Å². The highest BCUT2D eigenvalue weighted by atomic mass is 16.4. The number of hydrogen-bond donors (Lipinski definition) is 3. The van der Waals surface area contributed by atoms with E-state index in [0.717, 1.165) is 52.5 Å². The minimum Gasteiger partial charge on any atom is -0.478 e. The van der Waals surface area contributed by atoms with E-state index in [-0.39, 0.29) is 5.56 Å². The molecular formula is C20H21N5O2. The zero-order valence-corrected chi connectivity index (χ0v) is 15.3. The van der Waals surface area contributed by atoms with Crippen molar-refractivity contribution in [1.29, 1.82) is 0 Å². The van der Waals surface area contributed by atoms with E-state index in [4.69, 9.17) is 4.98 Å². The van der Waals surface area contributed by atoms with Gasteiger partial charge in [0.1, 0.15) is 0 Å². The number of carbonyl (C=O) groups is 1. The molecule has 27 heavy (non-hydrogen) atoms. The van der Waals surface area contributed by atoms with Crippen molar-refractivity contribution in [3.63, 3.8) is 0 Å². The summed E-state index contributed by atoms with van der Waals surface area (Å²) in [4.78, 5) is 25.9. The second-order valence-electron chi connectivity index (χ2n) is 6.88. The average molecular weight is 363 g/mol. The monoisotopic (exact) mass is 363 g/mol. The van der Waals surface area contributed by atoms with Gasteiger partial charge in [-0.25, -0.2) is 9.78 Å². The number of H-pyrrole nitrogens is 1. The summed E-state index contributed by atoms with van der Waals surface area (Å²) in [6.07, 6.45) is 4.56. The second-order valence-corrected chi connectivity index (χ2v) is 6.88. The van der Waals surface area contributed by atoms with Crippen molar-refractivity contribution in [1.82, 2.24) is 19.9 Å². The third-order valence-electron chi connectivity index (χ3n) is 4.66. The molecule has 0 atom stereocenters. The van der Waals surface area contributed by atoms with Crippen LogP contribution in [-0.4, -0.2) is 58.1 Å². The fourth-order valence-electron chi connectivity index (χ4n) is 3.37. The SMILES string of the molecule is CN(C)CCCNc1nc2cc(C(=O)O)ccc2c2c1[nH]c1ccncc12. The van der Waals surface area contributed by atoms with Crippen LogP contribution in [0.2, 0.25) is 0 Å². The highest BCUT2D eigenvalue weighted by molar-refractivity contribution is 6.22. The third-order valence-corrected chi connectivity index (χ3v) is 4.66. The van der Waals surface area contributed by atoms with Crippen LogP contribution in [0.15, 0.2) is 36.7 Å². The van der Waals surface area contributed by atoms with Crippen LogP contribution in [0.25, 0.3) is 32.7 Å². The van der Waals surface area contributed by atoms with Gasteiger partial charge in [0.2, 0.25) is 0 Å². The zero-order chi connectivity index (χ0) is 19.0. The van der Waals surface area contributed by atoms with Crippen molar-refractivity contribution in [2.75, 3.05) is 32.5 Å². The smallest absolute Gasteiger partial charge is 0.335 e. The number of benzene rings is 1. The lowest BCUT2D eigenvalue weighted by Crippen LogP contribution is -2.16. The molecule has 7 nitrogen and oxygen atoms in total. The van der Waals surface area contributed by atoms with Crippen molar-refractivity contribution in [3.8, 4) is 0 Å². The molecule has 0 unspecified atom stereocenters. The number of nitrogens with zero attached hydrogens (tertiary/aromatic N) is 3. The van der Waals surface area contributed by atoms with Gasteiger partial charge in [-0.3, -0.25) is 4.98 Å². The molecule has 0 spiro atoms. The average Bonchev–Trinajstić information content (AvgIpc) is 3.04. The van der Waals surface area contributed by atoms with Crippen LogP contribution in [0, 0.1) is 0 Å². The van der Waals surface area contributed by atoms with Crippen LogP contribution in [0.4, 0.5) is 5.82 Å². The van der Waals surface area contributed by atoms with Gasteiger partial charge in [0.25, 0.3) is 0 Å². The molecule has 0 saturated carbocycles. The van der Waals surface area contributed by atoms with Crippen LogP contribution in [0.3, 0.4) is 0 Å². The van der Waals surface area contributed by atoms with Crippen molar-refractivity contribution in [3.05, 3.63) is 42.2 Å². The van der Waals surface area contributed by atoms with Crippen molar-refractivity contribution < 1.29 is 9.90 Å². The predicted octanol–water partition coefficient (Wildman–Crippen LogP) is 3.33. The number of pyridine rings is 2. The normalized spacial score (nSPS) is 11.7. The molecule has 0 bridgehead atoms. The zero-order valence-electron chi connectivity index (χ0n) is 15.3. The standard InChI is InChI=1S/C20H21N5O2/c1-25(2)9-3-7-22-19-18-17(14-11-21-8-6-15(14)23-18)13-5-4-12(20(26)27)10-16(13)24-19/h4-6,8,10-11,23H,3,7,9H2,1-2H3,(H,22,24)(H,26,27). The van der Waals surface area contributed by atoms with Gasteiger partial charge in [-0.05, 0) is 45.3 Å². The number of aromatic amines is 1. The van der Waals surface area contributed by atoms with Gasteiger partial charge in [-0.15, -0.1) is 0 Å². The molecule has 4 aromatic rings. The van der Waals surface area contributed by atoms with Gasteiger partial charge in [-0.1, -0.05) is 6.07 Å². The number of anilines is 1. The van der Waals surface area contributed by atoms with Crippen molar-refractivity contribution in [2.24, 2.45) is 0 Å². The molecule has 0 fully saturated rings. The molecule has 4 rings (SSSR count). The minimum absolute atomic E-state index is 0.228. The van der Waals surface area contributed by atoms with E-state index in [1.165, 1.54) is 0 Å². The topological polar surface area (TPSA) is 94.1 Å². The third kappa shape index (κ3) is 3.17. The first-order valence-electron chi connectivity index (χ1n) is 8.85. The van der Waals surface area contributed by atoms with Crippen LogP contribution < -0.4 is 5.32 Å². The summed E-state index contributed by atoms with van der Waals surface area (Å²) in [6.45, 7) is 1.75. The first kappa shape index (κ1) is 17.2. The van der Waals surface area contributed by atoms with E-state index in [0.29, 0.717) is 5.52 Å². The van der Waals surface area contributed by atoms with Gasteiger partial charge < -0.3 is 20.3 Å². The molecule has 0 saturated heterocycles. The Labute approximate surface area is 156 Å². The Morgan fingerprint density at radius 1 is 1.26 bits per heavy atom. The van der Waals surface area contributed by atoms with E-state index in [1.54, 1.807) is 18.3 Å². The highest BCUT2D eigenvalue weighted by Crippen LogP contribution is 2.35. The maximum absolute atomic E-state index is 11.4. The lowest BCUT2D eigenvalue weighted by atomic mass is 10.1. The molecule has 3 heterocycles. The van der Waals surface area contributed by atoms with Gasteiger partial charge in [0.05, 0.1) is 16.6 Å². The number of fused-ring (bicyclic) bond motifs is 5. The molecule has 0 aliphatic heterocycles. The Hall–Kier alpha value is -3.19. The Kier molecular flexibility index (Phi) is 4.37. The number of hydrogen-bond acceptors (Lipinski definition) is 5. The molecular weight excluding hydrogens is 342 g/mol. The highest BCUT2D eigenvalue weighted by Gasteiger charge is 2.15. The Balaban J connectivity index is 1.89. The van der Waals surface area contributed by atoms with Crippen LogP contribution in [-0.2, 0) is 0 Å². The van der Waals surface area contributed by atoms with Crippen LogP contribution >= 0.6 is 0 Å². The summed E-state index contributed by atoms with van der Waals surface area (Å²) < 4.78 is 0. The summed E-state index contributed by atoms with van der Waals surface area (Å²) in [7, 11) is 4.09. The molecule has 1 aromatic carbocycles. The quantitative estimate of drug-likeness (QED) is 0.455. The second kappa shape index (κ2) is 6.85. The maximum atomic E-state index is 11.4. The number of aromatic carboxylic acids is 1. The van der Waals surface area contributed by atoms with Crippen molar-refractivity contribution >= 4 is 44.5 Å². The fraction of sp³-hybridized carbons (Fsp3) is 0.250. The molecule has 3 aromatic heterocycles. The molecule has 0 amide bonds. The van der Waals surface area contributed by atoms with E-state index < -0.39 is 5.97 Å². The molecule has 7 heteroatoms. The number of aromatic nitrogens is 3. The Morgan fingerprint density at radius 3 is 2.89 bits per heavy atom. The summed E-state index contributed by atoms with van der Waals surface area (Å²) in [6, 6.07) is 7.00. The fourth-order valence-corrected chi connectivity index (χ4v) is 3.37. The van der Waals surface area contributed by atoms with Gasteiger partial charge in [0, 0.05) is 40.6 Å². The minimum atomic E-state index is -0.958. The van der Waals surface area contributed by atoms with Crippen LogP contribution in [0.5, 0.6) is 0 Å². The first-order chi connectivity index (χ1) is 13.0. The number of carboxylic acid groups (broad SMARTS) is 1. The number of rotatable bonds is 6. The predicted molar refractivity (Wildman–Crippen MR) is 108 cm³/mol. The molecule has 0 aliphatic rings. The molecule has 3 N–H and O–H groups in total. The summed E-state index contributed by atoms with van der Waals surface area (Å²) >= 11 is 0. The van der Waals surface area contributed by atoms with Gasteiger partial charge >= 0.3 is 5.97 Å². The molecule has 138 valence electrons. The van der Waals surface area contributed by atoms with E-state index in [1.807, 2.05) is 32.4 Å². The summed E-state index contributed by atoms with van der Waals surface area (Å²) in [5.74, 6) is -0.227. The summed E-state index contributed by atoms with van der Waals surface area (Å²) in [5.41, 5.74) is 2.78. The van der Waals surface area contributed by atoms with E-state index in [2.05, 4.69) is 20.2 Å². The lowest BCUT2D eigenvalue weighted by Gasteiger charge is -2.12. The Bertz CT molecular complexity index is 1150. The van der Waals surface area contributed by atoms with Gasteiger partial charge in [0.15, 0.2) is 5.82 Å². The van der Waals surface area contributed by atoms with E-state index in [9.17, 15) is 9.90 Å². The first-order valence-corrected chi connectivity index (χ1v) is 8.85. The van der Waals surface area contributed by atoms with Crippen LogP contribution in [0.1, 0.15) is 16.8 Å². The maximum Gasteiger partial charge on any atom is 0.335 e. The largest absolute Gasteiger partial charge is 0.478 e. The lowest BCUT2D eigenvalue weighted by molar-refractivity contribution is 0.0697. The van der Waals surface area contributed by atoms with Gasteiger partial charge in [-0.2, -0.15) is 0 Å². The number of nitrogens with one attached hydrogen (secondary N) is 2. The molecule has 0 radical (unpaired) electrons. The number of carboxylic acids is 1. The van der Waals surface area contributed by atoms with Crippen molar-refractivity contribution in [2.45, 2.75) is 6.42 Å². The Morgan fingerprint density at radius 2 is 2.11 bits per heavy atom. The summed E-state index contributed by atoms with van der Waals surface area (Å²) in [5, 5.41) is 15.6. The molecule has 0 aliphatic carbocycles.